The third kappa shape index (κ3) is 7.64. The van der Waals surface area contributed by atoms with Crippen molar-refractivity contribution in [3.05, 3.63) is 76.3 Å². The van der Waals surface area contributed by atoms with E-state index >= 15 is 0 Å². The molecule has 0 radical (unpaired) electrons. The van der Waals surface area contributed by atoms with Gasteiger partial charge in [0, 0.05) is 18.3 Å². The van der Waals surface area contributed by atoms with Gasteiger partial charge in [-0.05, 0) is 43.5 Å². The summed E-state index contributed by atoms with van der Waals surface area (Å²) in [5.41, 5.74) is 1.40. The predicted molar refractivity (Wildman–Crippen MR) is 130 cm³/mol. The van der Waals surface area contributed by atoms with Crippen LogP contribution in [0.5, 0.6) is 17.4 Å². The Morgan fingerprint density at radius 2 is 1.64 bits per heavy atom. The van der Waals surface area contributed by atoms with E-state index in [0.29, 0.717) is 23.8 Å². The summed E-state index contributed by atoms with van der Waals surface area (Å²) in [7, 11) is 1.51. The number of hydrogen-bond acceptors (Lipinski definition) is 6. The maximum Gasteiger partial charge on any atom is 0.355 e. The van der Waals surface area contributed by atoms with Crippen LogP contribution in [0.25, 0.3) is 5.69 Å². The van der Waals surface area contributed by atoms with Crippen LogP contribution in [0.3, 0.4) is 0 Å². The van der Waals surface area contributed by atoms with Crippen LogP contribution in [0.1, 0.15) is 45.7 Å². The first-order chi connectivity index (χ1) is 15.8. The summed E-state index contributed by atoms with van der Waals surface area (Å²) in [6.07, 6.45) is 2.59. The Balaban J connectivity index is 0.00000187. The first kappa shape index (κ1) is 25.9. The van der Waals surface area contributed by atoms with Crippen molar-refractivity contribution < 1.29 is 19.3 Å². The van der Waals surface area contributed by atoms with E-state index in [2.05, 4.69) is 24.0 Å². The van der Waals surface area contributed by atoms with Gasteiger partial charge in [0.05, 0.1) is 18.4 Å². The van der Waals surface area contributed by atoms with Crippen LogP contribution >= 0.6 is 0 Å². The molecule has 3 aromatic rings. The maximum atomic E-state index is 12.5. The number of ether oxygens (including phenoxy) is 3. The molecule has 0 aliphatic heterocycles. The molecule has 0 aliphatic carbocycles. The molecule has 1 aromatic heterocycles. The smallest absolute Gasteiger partial charge is 0.355 e. The Kier molecular flexibility index (Phi) is 9.48. The first-order valence-electron chi connectivity index (χ1n) is 11.1. The van der Waals surface area contributed by atoms with Crippen molar-refractivity contribution in [2.24, 2.45) is 0 Å². The van der Waals surface area contributed by atoms with Crippen molar-refractivity contribution in [3.8, 4) is 23.1 Å². The fourth-order valence-electron chi connectivity index (χ4n) is 2.87. The molecule has 2 aromatic carbocycles. The summed E-state index contributed by atoms with van der Waals surface area (Å²) < 4.78 is 18.1. The Morgan fingerprint density at radius 3 is 2.21 bits per heavy atom. The molecule has 1 heterocycles. The molecule has 33 heavy (non-hydrogen) atoms. The number of hydrogen-bond donors (Lipinski definition) is 1. The van der Waals surface area contributed by atoms with Gasteiger partial charge >= 0.3 is 5.69 Å². The molecule has 0 saturated heterocycles. The minimum Gasteiger partial charge on any atom is -0.493 e. The highest BCUT2D eigenvalue weighted by atomic mass is 16.5. The van der Waals surface area contributed by atoms with E-state index in [9.17, 15) is 9.90 Å². The molecule has 7 nitrogen and oxygen atoms in total. The Bertz CT molecular complexity index is 1070. The van der Waals surface area contributed by atoms with Gasteiger partial charge in [-0.15, -0.1) is 0 Å². The van der Waals surface area contributed by atoms with Crippen LogP contribution in [0.2, 0.25) is 0 Å². The van der Waals surface area contributed by atoms with Gasteiger partial charge in [-0.1, -0.05) is 45.0 Å². The lowest BCUT2D eigenvalue weighted by Crippen LogP contribution is -2.28. The van der Waals surface area contributed by atoms with Gasteiger partial charge in [-0.3, -0.25) is 4.57 Å². The number of benzene rings is 2. The van der Waals surface area contributed by atoms with Gasteiger partial charge in [-0.25, -0.2) is 4.79 Å². The second-order valence-corrected chi connectivity index (χ2v) is 7.81. The highest BCUT2D eigenvalue weighted by molar-refractivity contribution is 5.49. The number of aryl methyl sites for hydroxylation is 1. The Labute approximate surface area is 195 Å². The lowest BCUT2D eigenvalue weighted by atomic mass is 10.1. The summed E-state index contributed by atoms with van der Waals surface area (Å²) in [4.78, 5) is 16.6. The molecule has 0 fully saturated rings. The molecule has 0 spiro atoms. The highest BCUT2D eigenvalue weighted by Gasteiger charge is 2.16. The Morgan fingerprint density at radius 1 is 0.970 bits per heavy atom. The van der Waals surface area contributed by atoms with Gasteiger partial charge < -0.3 is 19.3 Å². The maximum absolute atomic E-state index is 12.5. The number of methoxy groups -OCH3 is 1. The normalized spacial score (nSPS) is 10.8. The van der Waals surface area contributed by atoms with E-state index in [0.717, 1.165) is 12.0 Å². The number of nitrogens with zero attached hydrogens (tertiary/aromatic N) is 2. The van der Waals surface area contributed by atoms with E-state index in [-0.39, 0.29) is 12.5 Å². The largest absolute Gasteiger partial charge is 0.493 e. The zero-order valence-electron chi connectivity index (χ0n) is 20.3. The van der Waals surface area contributed by atoms with Crippen LogP contribution in [-0.2, 0) is 13.0 Å². The molecule has 0 bridgehead atoms. The first-order valence-corrected chi connectivity index (χ1v) is 11.1. The summed E-state index contributed by atoms with van der Waals surface area (Å²) in [5, 5.41) is 9.85. The summed E-state index contributed by atoms with van der Waals surface area (Å²) in [6.45, 7) is 9.86. The van der Waals surface area contributed by atoms with Crippen molar-refractivity contribution in [2.75, 3.05) is 13.7 Å². The van der Waals surface area contributed by atoms with Crippen molar-refractivity contribution in [1.29, 1.82) is 0 Å². The van der Waals surface area contributed by atoms with Crippen LogP contribution < -0.4 is 19.9 Å². The third-order valence-corrected chi connectivity index (χ3v) is 4.60. The topological polar surface area (TPSA) is 82.8 Å². The third-order valence-electron chi connectivity index (χ3n) is 4.60. The van der Waals surface area contributed by atoms with Crippen molar-refractivity contribution in [3.63, 3.8) is 0 Å². The van der Waals surface area contributed by atoms with E-state index in [1.165, 1.54) is 17.2 Å². The summed E-state index contributed by atoms with van der Waals surface area (Å²) >= 11 is 0. The standard InChI is InChI=1S/C24H28N2O5.C2H6/c1-5-17-6-8-18(9-7-17)15-30-22-12-13-26(23(27)25-22)19-10-11-20(21(14-19)29-4)31-16-24(2,3)28;1-2/h6-14,28H,5,15-16H2,1-4H3;1-2H3. The molecular formula is C26H34N2O5. The van der Waals surface area contributed by atoms with Crippen LogP contribution in [-0.4, -0.2) is 34.0 Å². The SMILES string of the molecule is CC.CCc1ccc(COc2ccn(-c3ccc(OCC(C)(C)O)c(OC)c3)c(=O)n2)cc1. The van der Waals surface area contributed by atoms with Crippen molar-refractivity contribution >= 4 is 0 Å². The van der Waals surface area contributed by atoms with Crippen LogP contribution in [0, 0.1) is 0 Å². The zero-order chi connectivity index (χ0) is 24.4. The summed E-state index contributed by atoms with van der Waals surface area (Å²) in [6, 6.07) is 14.9. The van der Waals surface area contributed by atoms with Gasteiger partial charge in [-0.2, -0.15) is 4.98 Å². The highest BCUT2D eigenvalue weighted by Crippen LogP contribution is 2.30. The van der Waals surface area contributed by atoms with Gasteiger partial charge in [0.1, 0.15) is 13.2 Å². The fraction of sp³-hybridized carbons (Fsp3) is 0.385. The van der Waals surface area contributed by atoms with E-state index in [4.69, 9.17) is 14.2 Å². The van der Waals surface area contributed by atoms with E-state index < -0.39 is 11.3 Å². The molecule has 178 valence electrons. The van der Waals surface area contributed by atoms with Crippen molar-refractivity contribution in [1.82, 2.24) is 9.55 Å². The van der Waals surface area contributed by atoms with E-state index in [1.807, 2.05) is 26.0 Å². The number of rotatable bonds is 9. The molecule has 1 N–H and O–H groups in total. The second-order valence-electron chi connectivity index (χ2n) is 7.81. The average molecular weight is 455 g/mol. The molecule has 0 aliphatic rings. The zero-order valence-corrected chi connectivity index (χ0v) is 20.3. The quantitative estimate of drug-likeness (QED) is 0.510. The lowest BCUT2D eigenvalue weighted by Gasteiger charge is -2.19. The lowest BCUT2D eigenvalue weighted by molar-refractivity contribution is 0.0276. The van der Waals surface area contributed by atoms with E-state index in [1.54, 1.807) is 44.3 Å². The molecule has 0 amide bonds. The molecule has 3 rings (SSSR count). The molecule has 7 heteroatoms. The minimum absolute atomic E-state index is 0.109. The Hall–Kier alpha value is -3.32. The molecule has 0 unspecified atom stereocenters. The second kappa shape index (κ2) is 12.1. The van der Waals surface area contributed by atoms with Crippen molar-refractivity contribution in [2.45, 2.75) is 53.2 Å². The predicted octanol–water partition coefficient (Wildman–Crippen LogP) is 4.56. The minimum atomic E-state index is -0.974. The molecular weight excluding hydrogens is 420 g/mol. The number of aromatic nitrogens is 2. The van der Waals surface area contributed by atoms with Crippen LogP contribution in [0.15, 0.2) is 59.5 Å². The van der Waals surface area contributed by atoms with Gasteiger partial charge in [0.15, 0.2) is 11.5 Å². The fourth-order valence-corrected chi connectivity index (χ4v) is 2.87. The number of aliphatic hydroxyl groups is 1. The van der Waals surface area contributed by atoms with Crippen LogP contribution in [0.4, 0.5) is 0 Å². The monoisotopic (exact) mass is 454 g/mol. The molecule has 0 saturated carbocycles. The average Bonchev–Trinajstić information content (AvgIpc) is 2.82. The van der Waals surface area contributed by atoms with Gasteiger partial charge in [0.2, 0.25) is 5.88 Å². The molecule has 0 atom stereocenters. The van der Waals surface area contributed by atoms with Gasteiger partial charge in [0.25, 0.3) is 0 Å². The summed E-state index contributed by atoms with van der Waals surface area (Å²) in [5.74, 6) is 1.19.